The van der Waals surface area contributed by atoms with Gasteiger partial charge in [-0.25, -0.2) is 0 Å². The van der Waals surface area contributed by atoms with Gasteiger partial charge in [-0.3, -0.25) is 0 Å². The molecule has 2 nitrogen and oxygen atoms in total. The summed E-state index contributed by atoms with van der Waals surface area (Å²) < 4.78 is 11.2. The largest absolute Gasteiger partial charge is 0.377 e. The van der Waals surface area contributed by atoms with E-state index in [2.05, 4.69) is 27.0 Å². The van der Waals surface area contributed by atoms with Gasteiger partial charge in [0.25, 0.3) is 0 Å². The maximum absolute atomic E-state index is 5.75. The molecule has 2 heteroatoms. The monoisotopic (exact) mass is 226 g/mol. The lowest BCUT2D eigenvalue weighted by atomic mass is 10.0. The van der Waals surface area contributed by atoms with Crippen molar-refractivity contribution < 1.29 is 9.47 Å². The molecule has 0 atom stereocenters. The smallest absolute Gasteiger partial charge is 0.0678 e. The van der Waals surface area contributed by atoms with Gasteiger partial charge in [0.1, 0.15) is 0 Å². The summed E-state index contributed by atoms with van der Waals surface area (Å²) in [6.07, 6.45) is 2.01. The van der Waals surface area contributed by atoms with Gasteiger partial charge in [0.2, 0.25) is 0 Å². The van der Waals surface area contributed by atoms with E-state index in [4.69, 9.17) is 9.47 Å². The van der Waals surface area contributed by atoms with E-state index in [1.165, 1.54) is 0 Å². The first-order chi connectivity index (χ1) is 7.33. The lowest BCUT2D eigenvalue weighted by molar-refractivity contribution is -0.0168. The topological polar surface area (TPSA) is 18.5 Å². The molecule has 0 heterocycles. The van der Waals surface area contributed by atoms with Crippen LogP contribution in [0.25, 0.3) is 0 Å². The van der Waals surface area contributed by atoms with Crippen molar-refractivity contribution >= 4 is 0 Å². The maximum atomic E-state index is 5.75. The molecule has 0 aromatic rings. The maximum Gasteiger partial charge on any atom is 0.0678 e. The highest BCUT2D eigenvalue weighted by Gasteiger charge is 2.17. The molecule has 0 spiro atoms. The van der Waals surface area contributed by atoms with Crippen LogP contribution in [0.4, 0.5) is 0 Å². The summed E-state index contributed by atoms with van der Waals surface area (Å²) in [6.45, 7) is 17.8. The van der Waals surface area contributed by atoms with E-state index in [0.29, 0.717) is 13.2 Å². The molecule has 0 aliphatic carbocycles. The van der Waals surface area contributed by atoms with Crippen LogP contribution in [0.5, 0.6) is 0 Å². The van der Waals surface area contributed by atoms with Crippen molar-refractivity contribution in [1.82, 2.24) is 0 Å². The van der Waals surface area contributed by atoms with Gasteiger partial charge in [-0.1, -0.05) is 24.3 Å². The first-order valence-electron chi connectivity index (χ1n) is 5.84. The Bertz CT molecular complexity index is 229. The van der Waals surface area contributed by atoms with Crippen LogP contribution in [-0.4, -0.2) is 25.4 Å². The molecule has 0 N–H and O–H groups in total. The third kappa shape index (κ3) is 9.94. The fourth-order valence-corrected chi connectivity index (χ4v) is 1.24. The van der Waals surface area contributed by atoms with Crippen LogP contribution in [0.3, 0.4) is 0 Å². The first-order valence-corrected chi connectivity index (χ1v) is 5.84. The minimum Gasteiger partial charge on any atom is -0.377 e. The Morgan fingerprint density at radius 1 is 1.06 bits per heavy atom. The summed E-state index contributed by atoms with van der Waals surface area (Å²) in [5.74, 6) is 0. The van der Waals surface area contributed by atoms with Gasteiger partial charge in [0, 0.05) is 6.61 Å². The molecule has 0 amide bonds. The molecule has 16 heavy (non-hydrogen) atoms. The van der Waals surface area contributed by atoms with Gasteiger partial charge in [-0.05, 0) is 40.5 Å². The van der Waals surface area contributed by atoms with E-state index in [0.717, 1.165) is 30.6 Å². The third-order valence-corrected chi connectivity index (χ3v) is 2.13. The second-order valence-electron chi connectivity index (χ2n) is 5.12. The molecule has 0 fully saturated rings. The summed E-state index contributed by atoms with van der Waals surface area (Å²) in [6, 6.07) is 0. The van der Waals surface area contributed by atoms with Crippen LogP contribution in [-0.2, 0) is 9.47 Å². The fourth-order valence-electron chi connectivity index (χ4n) is 1.24. The van der Waals surface area contributed by atoms with Crippen molar-refractivity contribution in [3.05, 3.63) is 24.3 Å². The Hall–Kier alpha value is -0.600. The average molecular weight is 226 g/mol. The van der Waals surface area contributed by atoms with Crippen molar-refractivity contribution in [2.45, 2.75) is 46.1 Å². The lowest BCUT2D eigenvalue weighted by Gasteiger charge is -2.25. The van der Waals surface area contributed by atoms with E-state index in [9.17, 15) is 0 Å². The van der Waals surface area contributed by atoms with E-state index >= 15 is 0 Å². The van der Waals surface area contributed by atoms with Crippen molar-refractivity contribution in [3.8, 4) is 0 Å². The van der Waals surface area contributed by atoms with Crippen molar-refractivity contribution in [2.75, 3.05) is 19.8 Å². The molecule has 0 bridgehead atoms. The Balaban J connectivity index is 3.57. The molecular formula is C14H26O2. The Kier molecular flexibility index (Phi) is 7.35. The SMILES string of the molecule is C=C(C)COCCCC(C)(C)OCC(=C)C. The zero-order valence-corrected chi connectivity index (χ0v) is 11.3. The molecule has 0 aliphatic rings. The van der Waals surface area contributed by atoms with Crippen molar-refractivity contribution in [2.24, 2.45) is 0 Å². The second-order valence-corrected chi connectivity index (χ2v) is 5.12. The van der Waals surface area contributed by atoms with Crippen LogP contribution >= 0.6 is 0 Å². The third-order valence-electron chi connectivity index (χ3n) is 2.13. The summed E-state index contributed by atoms with van der Waals surface area (Å²) in [7, 11) is 0. The van der Waals surface area contributed by atoms with Gasteiger partial charge in [0.05, 0.1) is 18.8 Å². The molecule has 0 saturated heterocycles. The molecule has 0 aromatic carbocycles. The van der Waals surface area contributed by atoms with Crippen molar-refractivity contribution in [3.63, 3.8) is 0 Å². The van der Waals surface area contributed by atoms with Gasteiger partial charge in [-0.2, -0.15) is 0 Å². The predicted molar refractivity (Wildman–Crippen MR) is 69.7 cm³/mol. The van der Waals surface area contributed by atoms with Gasteiger partial charge in [0.15, 0.2) is 0 Å². The number of hydrogen-bond acceptors (Lipinski definition) is 2. The highest BCUT2D eigenvalue weighted by Crippen LogP contribution is 2.17. The van der Waals surface area contributed by atoms with Gasteiger partial charge in [-0.15, -0.1) is 0 Å². The van der Waals surface area contributed by atoms with Crippen LogP contribution in [0, 0.1) is 0 Å². The first kappa shape index (κ1) is 15.4. The van der Waals surface area contributed by atoms with E-state index in [1.54, 1.807) is 0 Å². The molecule has 0 unspecified atom stereocenters. The highest BCUT2D eigenvalue weighted by atomic mass is 16.5. The zero-order valence-electron chi connectivity index (χ0n) is 11.3. The Labute approximate surface area is 100 Å². The summed E-state index contributed by atoms with van der Waals surface area (Å²) >= 11 is 0. The number of rotatable bonds is 9. The molecule has 0 aromatic heterocycles. The summed E-state index contributed by atoms with van der Waals surface area (Å²) in [5.41, 5.74) is 2.04. The number of ether oxygens (including phenoxy) is 2. The van der Waals surface area contributed by atoms with Crippen LogP contribution in [0.1, 0.15) is 40.5 Å². The van der Waals surface area contributed by atoms with E-state index in [-0.39, 0.29) is 5.60 Å². The highest BCUT2D eigenvalue weighted by molar-refractivity contribution is 4.89. The van der Waals surface area contributed by atoms with Crippen LogP contribution in [0.2, 0.25) is 0 Å². The molecule has 0 rings (SSSR count). The normalized spacial score (nSPS) is 11.5. The Morgan fingerprint density at radius 3 is 2.12 bits per heavy atom. The molecule has 0 radical (unpaired) electrons. The van der Waals surface area contributed by atoms with Gasteiger partial charge >= 0.3 is 0 Å². The standard InChI is InChI=1S/C14H26O2/c1-12(2)10-15-9-7-8-14(5,6)16-11-13(3)4/h1,3,7-11H2,2,4-6H3. The predicted octanol–water partition coefficient (Wildman–Crippen LogP) is 3.73. The molecule has 0 aliphatic heterocycles. The average Bonchev–Trinajstić information content (AvgIpc) is 2.14. The fraction of sp³-hybridized carbons (Fsp3) is 0.714. The second kappa shape index (κ2) is 7.64. The quantitative estimate of drug-likeness (QED) is 0.440. The van der Waals surface area contributed by atoms with Crippen LogP contribution in [0.15, 0.2) is 24.3 Å². The Morgan fingerprint density at radius 2 is 1.62 bits per heavy atom. The number of hydrogen-bond donors (Lipinski definition) is 0. The zero-order chi connectivity index (χ0) is 12.6. The molecule has 94 valence electrons. The van der Waals surface area contributed by atoms with E-state index < -0.39 is 0 Å². The molecular weight excluding hydrogens is 200 g/mol. The lowest BCUT2D eigenvalue weighted by Crippen LogP contribution is -2.25. The minimum absolute atomic E-state index is 0.0917. The summed E-state index contributed by atoms with van der Waals surface area (Å²) in [5, 5.41) is 0. The van der Waals surface area contributed by atoms with Gasteiger partial charge < -0.3 is 9.47 Å². The van der Waals surface area contributed by atoms with Crippen LogP contribution < -0.4 is 0 Å². The molecule has 0 saturated carbocycles. The van der Waals surface area contributed by atoms with Crippen molar-refractivity contribution in [1.29, 1.82) is 0 Å². The minimum atomic E-state index is -0.0917. The summed E-state index contributed by atoms with van der Waals surface area (Å²) in [4.78, 5) is 0. The van der Waals surface area contributed by atoms with E-state index in [1.807, 2.05) is 13.8 Å².